The fourth-order valence-electron chi connectivity index (χ4n) is 2.40. The summed E-state index contributed by atoms with van der Waals surface area (Å²) in [4.78, 5) is 12.1. The van der Waals surface area contributed by atoms with Gasteiger partial charge in [0.1, 0.15) is 5.75 Å². The van der Waals surface area contributed by atoms with Crippen LogP contribution < -0.4 is 10.1 Å². The first kappa shape index (κ1) is 13.9. The standard InChI is InChI=1S/C15H21NO3/c1-10(2)19-14-9-4-3-7-12(14)16-15(18)11-6-5-8-13(11)17/h3-4,7,9-11,13,17H,5-6,8H2,1-2H3,(H,16,18). The smallest absolute Gasteiger partial charge is 0.230 e. The number of carbonyl (C=O) groups excluding carboxylic acids is 1. The number of aliphatic hydroxyl groups is 1. The number of ether oxygens (including phenoxy) is 1. The zero-order chi connectivity index (χ0) is 13.8. The normalized spacial score (nSPS) is 22.5. The SMILES string of the molecule is CC(C)Oc1ccccc1NC(=O)C1CCCC1O. The minimum Gasteiger partial charge on any atom is -0.489 e. The summed E-state index contributed by atoms with van der Waals surface area (Å²) in [5.74, 6) is 0.246. The zero-order valence-electron chi connectivity index (χ0n) is 11.4. The maximum absolute atomic E-state index is 12.1. The van der Waals surface area contributed by atoms with Crippen molar-refractivity contribution in [2.45, 2.75) is 45.3 Å². The van der Waals surface area contributed by atoms with Gasteiger partial charge in [-0.25, -0.2) is 0 Å². The maximum atomic E-state index is 12.1. The lowest BCUT2D eigenvalue weighted by Crippen LogP contribution is -2.28. The molecule has 0 aromatic heterocycles. The Morgan fingerprint density at radius 3 is 2.74 bits per heavy atom. The monoisotopic (exact) mass is 263 g/mol. The average molecular weight is 263 g/mol. The molecule has 1 saturated carbocycles. The van der Waals surface area contributed by atoms with E-state index in [4.69, 9.17) is 4.74 Å². The Hall–Kier alpha value is -1.55. The van der Waals surface area contributed by atoms with Gasteiger partial charge in [-0.2, -0.15) is 0 Å². The Bertz CT molecular complexity index is 445. The summed E-state index contributed by atoms with van der Waals surface area (Å²) in [6.45, 7) is 3.89. The van der Waals surface area contributed by atoms with E-state index in [1.807, 2.05) is 38.1 Å². The third-order valence-electron chi connectivity index (χ3n) is 3.32. The molecule has 0 saturated heterocycles. The third-order valence-corrected chi connectivity index (χ3v) is 3.32. The molecule has 0 heterocycles. The molecule has 104 valence electrons. The first-order valence-corrected chi connectivity index (χ1v) is 6.82. The Labute approximate surface area is 113 Å². The van der Waals surface area contributed by atoms with Crippen LogP contribution in [-0.4, -0.2) is 23.2 Å². The van der Waals surface area contributed by atoms with Gasteiger partial charge in [0.25, 0.3) is 0 Å². The highest BCUT2D eigenvalue weighted by Crippen LogP contribution is 2.29. The highest BCUT2D eigenvalue weighted by atomic mass is 16.5. The summed E-state index contributed by atoms with van der Waals surface area (Å²) in [5, 5.41) is 12.6. The van der Waals surface area contributed by atoms with Gasteiger partial charge in [0.2, 0.25) is 5.91 Å². The summed E-state index contributed by atoms with van der Waals surface area (Å²) in [7, 11) is 0. The van der Waals surface area contributed by atoms with Gasteiger partial charge in [-0.05, 0) is 45.2 Å². The minimum absolute atomic E-state index is 0.0510. The quantitative estimate of drug-likeness (QED) is 0.877. The van der Waals surface area contributed by atoms with Crippen molar-refractivity contribution in [3.05, 3.63) is 24.3 Å². The van der Waals surface area contributed by atoms with Crippen LogP contribution in [0.5, 0.6) is 5.75 Å². The highest BCUT2D eigenvalue weighted by Gasteiger charge is 2.31. The Balaban J connectivity index is 2.08. The number of nitrogens with one attached hydrogen (secondary N) is 1. The first-order chi connectivity index (χ1) is 9.08. The summed E-state index contributed by atoms with van der Waals surface area (Å²) in [5.41, 5.74) is 0.667. The molecular formula is C15H21NO3. The molecule has 1 aromatic carbocycles. The number of aliphatic hydroxyl groups excluding tert-OH is 1. The van der Waals surface area contributed by atoms with Crippen LogP contribution in [0.1, 0.15) is 33.1 Å². The zero-order valence-corrected chi connectivity index (χ0v) is 11.4. The number of hydrogen-bond acceptors (Lipinski definition) is 3. The van der Waals surface area contributed by atoms with Crippen molar-refractivity contribution in [1.29, 1.82) is 0 Å². The van der Waals surface area contributed by atoms with E-state index in [1.165, 1.54) is 0 Å². The predicted molar refractivity (Wildman–Crippen MR) is 74.2 cm³/mol. The highest BCUT2D eigenvalue weighted by molar-refractivity contribution is 5.94. The van der Waals surface area contributed by atoms with Crippen molar-refractivity contribution in [2.24, 2.45) is 5.92 Å². The van der Waals surface area contributed by atoms with Crippen molar-refractivity contribution < 1.29 is 14.6 Å². The van der Waals surface area contributed by atoms with Crippen molar-refractivity contribution in [1.82, 2.24) is 0 Å². The molecule has 1 aromatic rings. The Morgan fingerprint density at radius 2 is 2.11 bits per heavy atom. The second-order valence-corrected chi connectivity index (χ2v) is 5.26. The van der Waals surface area contributed by atoms with Crippen LogP contribution in [-0.2, 0) is 4.79 Å². The molecule has 1 aliphatic carbocycles. The maximum Gasteiger partial charge on any atom is 0.230 e. The summed E-state index contributed by atoms with van der Waals surface area (Å²) >= 11 is 0. The second kappa shape index (κ2) is 6.06. The van der Waals surface area contributed by atoms with E-state index in [2.05, 4.69) is 5.32 Å². The van der Waals surface area contributed by atoms with Crippen LogP contribution in [0.3, 0.4) is 0 Å². The lowest BCUT2D eigenvalue weighted by atomic mass is 10.1. The number of para-hydroxylation sites is 2. The van der Waals surface area contributed by atoms with Gasteiger partial charge in [0.05, 0.1) is 23.8 Å². The summed E-state index contributed by atoms with van der Waals surface area (Å²) in [6.07, 6.45) is 1.90. The molecule has 4 nitrogen and oxygen atoms in total. The molecular weight excluding hydrogens is 242 g/mol. The van der Waals surface area contributed by atoms with Gasteiger partial charge in [0, 0.05) is 0 Å². The van der Waals surface area contributed by atoms with Crippen LogP contribution in [0.4, 0.5) is 5.69 Å². The number of benzene rings is 1. The summed E-state index contributed by atoms with van der Waals surface area (Å²) in [6, 6.07) is 7.38. The molecule has 19 heavy (non-hydrogen) atoms. The van der Waals surface area contributed by atoms with Crippen molar-refractivity contribution in [3.8, 4) is 5.75 Å². The van der Waals surface area contributed by atoms with Crippen molar-refractivity contribution in [3.63, 3.8) is 0 Å². The lowest BCUT2D eigenvalue weighted by Gasteiger charge is -2.18. The molecule has 1 fully saturated rings. The number of hydrogen-bond donors (Lipinski definition) is 2. The molecule has 0 radical (unpaired) electrons. The molecule has 4 heteroatoms. The van der Waals surface area contributed by atoms with Crippen LogP contribution in [0.15, 0.2) is 24.3 Å². The second-order valence-electron chi connectivity index (χ2n) is 5.26. The molecule has 2 atom stereocenters. The van der Waals surface area contributed by atoms with E-state index >= 15 is 0 Å². The van der Waals surface area contributed by atoms with Gasteiger partial charge in [0.15, 0.2) is 0 Å². The first-order valence-electron chi connectivity index (χ1n) is 6.82. The van der Waals surface area contributed by atoms with Gasteiger partial charge in [-0.15, -0.1) is 0 Å². The van der Waals surface area contributed by atoms with Gasteiger partial charge < -0.3 is 15.2 Å². The average Bonchev–Trinajstić information content (AvgIpc) is 2.77. The van der Waals surface area contributed by atoms with E-state index in [-0.39, 0.29) is 17.9 Å². The molecule has 2 unspecified atom stereocenters. The van der Waals surface area contributed by atoms with E-state index in [1.54, 1.807) is 0 Å². The van der Waals surface area contributed by atoms with E-state index in [0.29, 0.717) is 17.9 Å². The number of amides is 1. The van der Waals surface area contributed by atoms with Gasteiger partial charge >= 0.3 is 0 Å². The molecule has 0 spiro atoms. The third kappa shape index (κ3) is 3.47. The van der Waals surface area contributed by atoms with E-state index in [0.717, 1.165) is 12.8 Å². The topological polar surface area (TPSA) is 58.6 Å². The largest absolute Gasteiger partial charge is 0.489 e. The molecule has 2 N–H and O–H groups in total. The van der Waals surface area contributed by atoms with Gasteiger partial charge in [-0.1, -0.05) is 12.1 Å². The van der Waals surface area contributed by atoms with Crippen molar-refractivity contribution in [2.75, 3.05) is 5.32 Å². The van der Waals surface area contributed by atoms with Crippen LogP contribution >= 0.6 is 0 Å². The molecule has 0 bridgehead atoms. The number of rotatable bonds is 4. The Morgan fingerprint density at radius 1 is 1.37 bits per heavy atom. The number of anilines is 1. The minimum atomic E-state index is -0.516. The molecule has 1 amide bonds. The summed E-state index contributed by atoms with van der Waals surface area (Å²) < 4.78 is 5.66. The Kier molecular flexibility index (Phi) is 4.43. The van der Waals surface area contributed by atoms with Crippen molar-refractivity contribution >= 4 is 11.6 Å². The number of carbonyl (C=O) groups is 1. The van der Waals surface area contributed by atoms with E-state index in [9.17, 15) is 9.90 Å². The van der Waals surface area contributed by atoms with Crippen LogP contribution in [0, 0.1) is 5.92 Å². The fourth-order valence-corrected chi connectivity index (χ4v) is 2.40. The van der Waals surface area contributed by atoms with Crippen LogP contribution in [0.25, 0.3) is 0 Å². The van der Waals surface area contributed by atoms with Crippen LogP contribution in [0.2, 0.25) is 0 Å². The fraction of sp³-hybridized carbons (Fsp3) is 0.533. The van der Waals surface area contributed by atoms with Gasteiger partial charge in [-0.3, -0.25) is 4.79 Å². The molecule has 2 rings (SSSR count). The van der Waals surface area contributed by atoms with E-state index < -0.39 is 6.10 Å². The predicted octanol–water partition coefficient (Wildman–Crippen LogP) is 2.57. The molecule has 0 aliphatic heterocycles. The lowest BCUT2D eigenvalue weighted by molar-refractivity contribution is -0.122. The molecule has 1 aliphatic rings.